The second-order valence-corrected chi connectivity index (χ2v) is 6.68. The minimum atomic E-state index is -0.600. The van der Waals surface area contributed by atoms with Crippen molar-refractivity contribution >= 4 is 17.8 Å². The van der Waals surface area contributed by atoms with Crippen LogP contribution in [0.25, 0.3) is 0 Å². The molecule has 1 heterocycles. The van der Waals surface area contributed by atoms with Gasteiger partial charge in [-0.05, 0) is 49.1 Å². The number of ether oxygens (including phenoxy) is 1. The number of hydrogen-bond donors (Lipinski definition) is 1. The highest BCUT2D eigenvalue weighted by molar-refractivity contribution is 6.04. The summed E-state index contributed by atoms with van der Waals surface area (Å²) in [5, 5.41) is 2.22. The number of amides is 2. The molecule has 1 aromatic rings. The van der Waals surface area contributed by atoms with Gasteiger partial charge in [-0.2, -0.15) is 0 Å². The first-order chi connectivity index (χ1) is 11.0. The molecule has 2 saturated carbocycles. The Hall–Kier alpha value is -2.11. The SMILES string of the molecule is Cn1cccc1C(=O)NC(=O)COC(=O)C[C@H]1C[C@H]2CC[C@@H]1C2. The van der Waals surface area contributed by atoms with Crippen LogP contribution in [0.3, 0.4) is 0 Å². The Morgan fingerprint density at radius 1 is 1.30 bits per heavy atom. The molecule has 3 atom stereocenters. The van der Waals surface area contributed by atoms with E-state index in [-0.39, 0.29) is 5.97 Å². The smallest absolute Gasteiger partial charge is 0.306 e. The third-order valence-corrected chi connectivity index (χ3v) is 5.11. The Morgan fingerprint density at radius 2 is 2.13 bits per heavy atom. The summed E-state index contributed by atoms with van der Waals surface area (Å²) in [7, 11) is 1.72. The maximum atomic E-state index is 11.9. The highest BCUT2D eigenvalue weighted by Gasteiger charge is 2.40. The number of nitrogens with one attached hydrogen (secondary N) is 1. The van der Waals surface area contributed by atoms with Crippen molar-refractivity contribution in [3.05, 3.63) is 24.0 Å². The first kappa shape index (κ1) is 15.8. The number of imide groups is 1. The molecule has 2 aliphatic rings. The monoisotopic (exact) mass is 318 g/mol. The first-order valence-corrected chi connectivity index (χ1v) is 8.14. The number of hydrogen-bond acceptors (Lipinski definition) is 4. The molecular weight excluding hydrogens is 296 g/mol. The second kappa shape index (κ2) is 6.56. The fraction of sp³-hybridized carbons (Fsp3) is 0.588. The van der Waals surface area contributed by atoms with E-state index in [0.717, 1.165) is 12.3 Å². The number of carbonyl (C=O) groups is 3. The lowest BCUT2D eigenvalue weighted by Gasteiger charge is -2.20. The minimum absolute atomic E-state index is 0.344. The van der Waals surface area contributed by atoms with Gasteiger partial charge in [0, 0.05) is 19.7 Å². The number of carbonyl (C=O) groups excluding carboxylic acids is 3. The van der Waals surface area contributed by atoms with Crippen LogP contribution >= 0.6 is 0 Å². The zero-order chi connectivity index (χ0) is 16.4. The van der Waals surface area contributed by atoms with Crippen molar-refractivity contribution in [2.24, 2.45) is 24.8 Å². The van der Waals surface area contributed by atoms with Gasteiger partial charge in [-0.25, -0.2) is 0 Å². The van der Waals surface area contributed by atoms with Gasteiger partial charge in [-0.1, -0.05) is 6.42 Å². The fourth-order valence-electron chi connectivity index (χ4n) is 3.97. The lowest BCUT2D eigenvalue weighted by molar-refractivity contribution is -0.149. The number of esters is 1. The van der Waals surface area contributed by atoms with Gasteiger partial charge < -0.3 is 9.30 Å². The lowest BCUT2D eigenvalue weighted by atomic mass is 9.86. The van der Waals surface area contributed by atoms with Crippen molar-refractivity contribution in [3.63, 3.8) is 0 Å². The molecule has 2 amide bonds. The number of rotatable bonds is 5. The second-order valence-electron chi connectivity index (χ2n) is 6.68. The molecule has 6 nitrogen and oxygen atoms in total. The summed E-state index contributed by atoms with van der Waals surface area (Å²) in [4.78, 5) is 35.4. The number of nitrogens with zero attached hydrogens (tertiary/aromatic N) is 1. The molecule has 0 aliphatic heterocycles. The van der Waals surface area contributed by atoms with Crippen molar-refractivity contribution in [1.82, 2.24) is 9.88 Å². The fourth-order valence-corrected chi connectivity index (χ4v) is 3.97. The van der Waals surface area contributed by atoms with Crippen molar-refractivity contribution < 1.29 is 19.1 Å². The molecule has 1 N–H and O–H groups in total. The molecule has 2 fully saturated rings. The molecule has 0 unspecified atom stereocenters. The molecule has 23 heavy (non-hydrogen) atoms. The average Bonchev–Trinajstić information content (AvgIpc) is 3.21. The van der Waals surface area contributed by atoms with Gasteiger partial charge in [-0.15, -0.1) is 0 Å². The van der Waals surface area contributed by atoms with Crippen LogP contribution in [0.1, 0.15) is 42.6 Å². The normalized spacial score (nSPS) is 25.3. The summed E-state index contributed by atoms with van der Waals surface area (Å²) in [6.45, 7) is -0.407. The van der Waals surface area contributed by atoms with E-state index in [1.165, 1.54) is 19.3 Å². The van der Waals surface area contributed by atoms with Crippen LogP contribution in [0.2, 0.25) is 0 Å². The van der Waals surface area contributed by atoms with Crippen LogP contribution in [-0.2, 0) is 21.4 Å². The molecular formula is C17H22N2O4. The molecule has 1 aromatic heterocycles. The van der Waals surface area contributed by atoms with Crippen molar-refractivity contribution in [1.29, 1.82) is 0 Å². The molecule has 0 radical (unpaired) electrons. The summed E-state index contributed by atoms with van der Waals surface area (Å²) in [6, 6.07) is 3.33. The topological polar surface area (TPSA) is 77.4 Å². The molecule has 0 saturated heterocycles. The van der Waals surface area contributed by atoms with Crippen LogP contribution in [-0.4, -0.2) is 29.0 Å². The zero-order valence-corrected chi connectivity index (χ0v) is 13.3. The highest BCUT2D eigenvalue weighted by atomic mass is 16.5. The molecule has 0 aromatic carbocycles. The van der Waals surface area contributed by atoms with E-state index in [9.17, 15) is 14.4 Å². The van der Waals surface area contributed by atoms with E-state index in [1.54, 1.807) is 29.9 Å². The van der Waals surface area contributed by atoms with Crippen LogP contribution in [0.15, 0.2) is 18.3 Å². The van der Waals surface area contributed by atoms with Gasteiger partial charge in [0.15, 0.2) is 6.61 Å². The summed E-state index contributed by atoms with van der Waals surface area (Å²) >= 11 is 0. The number of aryl methyl sites for hydroxylation is 1. The Labute approximate surface area is 135 Å². The Bertz CT molecular complexity index is 622. The highest BCUT2D eigenvalue weighted by Crippen LogP contribution is 2.49. The Morgan fingerprint density at radius 3 is 2.74 bits per heavy atom. The van der Waals surface area contributed by atoms with Crippen molar-refractivity contribution in [2.45, 2.75) is 32.1 Å². The molecule has 0 spiro atoms. The largest absolute Gasteiger partial charge is 0.456 e. The van der Waals surface area contributed by atoms with E-state index >= 15 is 0 Å². The van der Waals surface area contributed by atoms with E-state index in [4.69, 9.17) is 4.74 Å². The minimum Gasteiger partial charge on any atom is -0.456 e. The Balaban J connectivity index is 1.39. The predicted molar refractivity (Wildman–Crippen MR) is 82.4 cm³/mol. The first-order valence-electron chi connectivity index (χ1n) is 8.14. The summed E-state index contributed by atoms with van der Waals surface area (Å²) < 4.78 is 6.63. The molecule has 2 bridgehead atoms. The van der Waals surface area contributed by atoms with E-state index < -0.39 is 18.4 Å². The van der Waals surface area contributed by atoms with Crippen LogP contribution in [0, 0.1) is 17.8 Å². The number of aromatic nitrogens is 1. The van der Waals surface area contributed by atoms with Gasteiger partial charge in [0.2, 0.25) is 0 Å². The summed E-state index contributed by atoms with van der Waals surface area (Å²) in [6.07, 6.45) is 6.96. The predicted octanol–water partition coefficient (Wildman–Crippen LogP) is 1.65. The lowest BCUT2D eigenvalue weighted by Crippen LogP contribution is -2.35. The van der Waals surface area contributed by atoms with Gasteiger partial charge in [0.05, 0.1) is 0 Å². The maximum absolute atomic E-state index is 11.9. The molecule has 6 heteroatoms. The molecule has 3 rings (SSSR count). The van der Waals surface area contributed by atoms with Crippen LogP contribution in [0.5, 0.6) is 0 Å². The van der Waals surface area contributed by atoms with Crippen LogP contribution in [0.4, 0.5) is 0 Å². The molecule has 2 aliphatic carbocycles. The maximum Gasteiger partial charge on any atom is 0.306 e. The van der Waals surface area contributed by atoms with E-state index in [0.29, 0.717) is 24.0 Å². The van der Waals surface area contributed by atoms with Gasteiger partial charge in [-0.3, -0.25) is 19.7 Å². The van der Waals surface area contributed by atoms with E-state index in [2.05, 4.69) is 5.32 Å². The summed E-state index contributed by atoms with van der Waals surface area (Å²) in [5.41, 5.74) is 0.381. The third kappa shape index (κ3) is 3.63. The Kier molecular flexibility index (Phi) is 4.50. The quantitative estimate of drug-likeness (QED) is 0.838. The third-order valence-electron chi connectivity index (χ3n) is 5.11. The standard InChI is InChI=1S/C17H22N2O4/c1-19-6-2-3-14(19)17(22)18-15(20)10-23-16(21)9-13-8-11-4-5-12(13)7-11/h2-3,6,11-13H,4-5,7-10H2,1H3,(H,18,20,22)/t11-,12+,13+/m0/s1. The zero-order valence-electron chi connectivity index (χ0n) is 13.3. The summed E-state index contributed by atoms with van der Waals surface area (Å²) in [5.74, 6) is 0.409. The molecule has 124 valence electrons. The van der Waals surface area contributed by atoms with Crippen LogP contribution < -0.4 is 5.32 Å². The van der Waals surface area contributed by atoms with Crippen molar-refractivity contribution in [2.75, 3.05) is 6.61 Å². The van der Waals surface area contributed by atoms with Gasteiger partial charge in [0.1, 0.15) is 5.69 Å². The van der Waals surface area contributed by atoms with E-state index in [1.807, 2.05) is 0 Å². The average molecular weight is 318 g/mol. The van der Waals surface area contributed by atoms with Crippen molar-refractivity contribution in [3.8, 4) is 0 Å². The number of fused-ring (bicyclic) bond motifs is 2. The van der Waals surface area contributed by atoms with Gasteiger partial charge in [0.25, 0.3) is 11.8 Å². The van der Waals surface area contributed by atoms with Gasteiger partial charge >= 0.3 is 5.97 Å².